The number of ether oxygens (including phenoxy) is 1. The van der Waals surface area contributed by atoms with E-state index in [2.05, 4.69) is 5.92 Å². The largest absolute Gasteiger partial charge is 0.478 e. The maximum absolute atomic E-state index is 12.9. The smallest absolute Gasteiger partial charge is 0.253 e. The fourth-order valence-corrected chi connectivity index (χ4v) is 5.00. The van der Waals surface area contributed by atoms with Crippen LogP contribution in [0.3, 0.4) is 0 Å². The summed E-state index contributed by atoms with van der Waals surface area (Å²) in [5.41, 5.74) is 0.626. The average molecular weight is 397 g/mol. The summed E-state index contributed by atoms with van der Waals surface area (Å²) in [6.07, 6.45) is 5.75. The first-order chi connectivity index (χ1) is 13.4. The zero-order chi connectivity index (χ0) is 20.1. The Bertz CT molecular complexity index is 954. The summed E-state index contributed by atoms with van der Waals surface area (Å²) >= 11 is 0. The van der Waals surface area contributed by atoms with E-state index in [-0.39, 0.29) is 16.9 Å². The van der Waals surface area contributed by atoms with Gasteiger partial charge >= 0.3 is 0 Å². The molecule has 1 fully saturated rings. The van der Waals surface area contributed by atoms with E-state index in [0.29, 0.717) is 37.2 Å². The average Bonchev–Trinajstić information content (AvgIpc) is 2.74. The lowest BCUT2D eigenvalue weighted by Gasteiger charge is -2.31. The third-order valence-corrected chi connectivity index (χ3v) is 7.17. The molecule has 0 spiro atoms. The first-order valence-electron chi connectivity index (χ1n) is 9.23. The van der Waals surface area contributed by atoms with Crippen LogP contribution in [0.4, 0.5) is 0 Å². The fourth-order valence-electron chi connectivity index (χ4n) is 3.27. The van der Waals surface area contributed by atoms with E-state index < -0.39 is 15.1 Å². The van der Waals surface area contributed by atoms with Crippen molar-refractivity contribution in [1.29, 1.82) is 0 Å². The van der Waals surface area contributed by atoms with Crippen molar-refractivity contribution < 1.29 is 17.9 Å². The lowest BCUT2D eigenvalue weighted by molar-refractivity contribution is 0.0725. The summed E-state index contributed by atoms with van der Waals surface area (Å²) in [5, 5.41) is -0.497. The third-order valence-electron chi connectivity index (χ3n) is 4.89. The molecule has 1 aliphatic rings. The third kappa shape index (κ3) is 4.37. The van der Waals surface area contributed by atoms with Crippen molar-refractivity contribution in [3.63, 3.8) is 0 Å². The van der Waals surface area contributed by atoms with Crippen molar-refractivity contribution in [2.24, 2.45) is 0 Å². The lowest BCUT2D eigenvalue weighted by Crippen LogP contribution is -2.42. The molecule has 0 aliphatic carbocycles. The second-order valence-corrected chi connectivity index (χ2v) is 9.03. The van der Waals surface area contributed by atoms with Gasteiger partial charge < -0.3 is 9.64 Å². The van der Waals surface area contributed by atoms with Gasteiger partial charge in [0, 0.05) is 18.7 Å². The molecule has 146 valence electrons. The van der Waals surface area contributed by atoms with Crippen molar-refractivity contribution in [2.45, 2.75) is 36.0 Å². The predicted octanol–water partition coefficient (Wildman–Crippen LogP) is 3.17. The second-order valence-electron chi connectivity index (χ2n) is 6.80. The molecule has 2 aromatic rings. The van der Waals surface area contributed by atoms with Crippen LogP contribution in [-0.2, 0) is 9.84 Å². The number of rotatable bonds is 5. The van der Waals surface area contributed by atoms with Crippen LogP contribution in [0.15, 0.2) is 59.5 Å². The van der Waals surface area contributed by atoms with Crippen molar-refractivity contribution in [3.8, 4) is 18.1 Å². The normalized spacial score (nSPS) is 16.2. The van der Waals surface area contributed by atoms with E-state index in [1.165, 1.54) is 0 Å². The van der Waals surface area contributed by atoms with Gasteiger partial charge in [-0.1, -0.05) is 24.1 Å². The molecular formula is C22H23NO4S. The minimum absolute atomic E-state index is 0.0550. The highest BCUT2D eigenvalue weighted by Gasteiger charge is 2.33. The number of carbonyl (C=O) groups excluding carboxylic acids is 1. The molecule has 28 heavy (non-hydrogen) atoms. The Hall–Kier alpha value is -2.78. The van der Waals surface area contributed by atoms with Crippen molar-refractivity contribution in [3.05, 3.63) is 60.2 Å². The number of terminal acetylenes is 1. The second kappa shape index (κ2) is 8.49. The van der Waals surface area contributed by atoms with Crippen LogP contribution in [0.2, 0.25) is 0 Å². The maximum atomic E-state index is 12.9. The molecule has 3 rings (SSSR count). The highest BCUT2D eigenvalue weighted by molar-refractivity contribution is 7.92. The molecule has 1 atom stereocenters. The minimum atomic E-state index is -3.46. The molecule has 1 heterocycles. The Balaban J connectivity index is 1.64. The number of carbonyl (C=O) groups is 1. The predicted molar refractivity (Wildman–Crippen MR) is 108 cm³/mol. The van der Waals surface area contributed by atoms with Crippen LogP contribution < -0.4 is 4.74 Å². The Kier molecular flexibility index (Phi) is 6.05. The van der Waals surface area contributed by atoms with Crippen molar-refractivity contribution in [1.82, 2.24) is 4.90 Å². The van der Waals surface area contributed by atoms with E-state index in [4.69, 9.17) is 11.2 Å². The van der Waals surface area contributed by atoms with Crippen LogP contribution in [0, 0.1) is 12.3 Å². The Morgan fingerprint density at radius 1 is 1.11 bits per heavy atom. The molecule has 0 bridgehead atoms. The summed E-state index contributed by atoms with van der Waals surface area (Å²) in [7, 11) is -3.46. The molecule has 2 aromatic carbocycles. The summed E-state index contributed by atoms with van der Waals surface area (Å²) < 4.78 is 31.4. The molecule has 1 aliphatic heterocycles. The molecular weight excluding hydrogens is 374 g/mol. The highest BCUT2D eigenvalue weighted by atomic mass is 32.2. The standard InChI is InChI=1S/C22H23NO4S/c1-3-17(2)27-19-9-11-20(12-10-19)28(25,26)21-13-15-23(16-14-21)22(24)18-7-5-4-6-8-18/h1,4-12,17,21H,13-16H2,2H3. The Morgan fingerprint density at radius 2 is 1.71 bits per heavy atom. The quantitative estimate of drug-likeness (QED) is 0.727. The number of hydrogen-bond donors (Lipinski definition) is 0. The van der Waals surface area contributed by atoms with Gasteiger partial charge in [-0.05, 0) is 56.2 Å². The van der Waals surface area contributed by atoms with E-state index in [1.54, 1.807) is 48.2 Å². The van der Waals surface area contributed by atoms with Crippen LogP contribution in [0.5, 0.6) is 5.75 Å². The van der Waals surface area contributed by atoms with E-state index >= 15 is 0 Å². The molecule has 0 N–H and O–H groups in total. The van der Waals surface area contributed by atoms with Gasteiger partial charge in [-0.25, -0.2) is 8.42 Å². The lowest BCUT2D eigenvalue weighted by atomic mass is 10.1. The number of nitrogens with zero attached hydrogens (tertiary/aromatic N) is 1. The van der Waals surface area contributed by atoms with E-state index in [9.17, 15) is 13.2 Å². The highest BCUT2D eigenvalue weighted by Crippen LogP contribution is 2.27. The van der Waals surface area contributed by atoms with Gasteiger partial charge in [0.1, 0.15) is 5.75 Å². The summed E-state index contributed by atoms with van der Waals surface area (Å²) in [6, 6.07) is 15.4. The zero-order valence-corrected chi connectivity index (χ0v) is 16.6. The molecule has 6 heteroatoms. The molecule has 1 unspecified atom stereocenters. The molecule has 0 aromatic heterocycles. The molecule has 5 nitrogen and oxygen atoms in total. The number of sulfone groups is 1. The minimum Gasteiger partial charge on any atom is -0.478 e. The number of amides is 1. The van der Waals surface area contributed by atoms with E-state index in [1.807, 2.05) is 18.2 Å². The summed E-state index contributed by atoms with van der Waals surface area (Å²) in [5.74, 6) is 2.94. The Labute approximate surface area is 166 Å². The number of benzene rings is 2. The van der Waals surface area contributed by atoms with Crippen LogP contribution >= 0.6 is 0 Å². The monoisotopic (exact) mass is 397 g/mol. The van der Waals surface area contributed by atoms with Gasteiger partial charge in [0.2, 0.25) is 0 Å². The maximum Gasteiger partial charge on any atom is 0.253 e. The van der Waals surface area contributed by atoms with Crippen molar-refractivity contribution in [2.75, 3.05) is 13.1 Å². The molecule has 0 radical (unpaired) electrons. The van der Waals surface area contributed by atoms with Crippen LogP contribution in [0.25, 0.3) is 0 Å². The molecule has 0 saturated carbocycles. The van der Waals surface area contributed by atoms with E-state index in [0.717, 1.165) is 0 Å². The SMILES string of the molecule is C#CC(C)Oc1ccc(S(=O)(=O)C2CCN(C(=O)c3ccccc3)CC2)cc1. The van der Waals surface area contributed by atoms with Crippen LogP contribution in [0.1, 0.15) is 30.1 Å². The first kappa shape index (κ1) is 20.0. The van der Waals surface area contributed by atoms with Crippen LogP contribution in [-0.4, -0.2) is 43.7 Å². The number of likely N-dealkylation sites (tertiary alicyclic amines) is 1. The number of hydrogen-bond acceptors (Lipinski definition) is 4. The van der Waals surface area contributed by atoms with Crippen molar-refractivity contribution >= 4 is 15.7 Å². The zero-order valence-electron chi connectivity index (χ0n) is 15.7. The summed E-state index contributed by atoms with van der Waals surface area (Å²) in [4.78, 5) is 14.5. The molecule has 1 amide bonds. The van der Waals surface area contributed by atoms with Gasteiger partial charge in [-0.2, -0.15) is 0 Å². The van der Waals surface area contributed by atoms with Gasteiger partial charge in [0.25, 0.3) is 5.91 Å². The van der Waals surface area contributed by atoms with Gasteiger partial charge in [-0.3, -0.25) is 4.79 Å². The first-order valence-corrected chi connectivity index (χ1v) is 10.8. The Morgan fingerprint density at radius 3 is 2.29 bits per heavy atom. The molecule has 1 saturated heterocycles. The van der Waals surface area contributed by atoms with Gasteiger partial charge in [0.15, 0.2) is 15.9 Å². The fraction of sp³-hybridized carbons (Fsp3) is 0.318. The van der Waals surface area contributed by atoms with Gasteiger partial charge in [-0.15, -0.1) is 6.42 Å². The number of piperidine rings is 1. The summed E-state index contributed by atoms with van der Waals surface area (Å²) in [6.45, 7) is 2.60. The topological polar surface area (TPSA) is 63.7 Å². The van der Waals surface area contributed by atoms with Gasteiger partial charge in [0.05, 0.1) is 10.1 Å².